The van der Waals surface area contributed by atoms with Crippen LogP contribution in [0.2, 0.25) is 0 Å². The average Bonchev–Trinajstić information content (AvgIpc) is 3.26. The molecule has 0 unspecified atom stereocenters. The zero-order valence-corrected chi connectivity index (χ0v) is 35.2. The number of phenolic OH excluding ortho intramolecular Hbond substituents is 2. The zero-order valence-electron chi connectivity index (χ0n) is 35.2. The summed E-state index contributed by atoms with van der Waals surface area (Å²) in [5.74, 6) is 4.14. The van der Waals surface area contributed by atoms with Gasteiger partial charge in [-0.25, -0.2) is 0 Å². The third-order valence-electron chi connectivity index (χ3n) is 18.0. The predicted octanol–water partition coefficient (Wildman–Crippen LogP) is 8.73. The lowest BCUT2D eigenvalue weighted by molar-refractivity contribution is -0.126. The molecular weight excluding hydrogens is 719 g/mol. The number of aromatic hydroxyl groups is 2. The molecule has 7 heteroatoms. The largest absolute Gasteiger partial charge is 0.508 e. The summed E-state index contributed by atoms with van der Waals surface area (Å²) in [5, 5.41) is 23.6. The van der Waals surface area contributed by atoms with Crippen molar-refractivity contribution in [1.82, 2.24) is 15.1 Å². The Bertz CT molecular complexity index is 2010. The highest BCUT2D eigenvalue weighted by Crippen LogP contribution is 2.58. The van der Waals surface area contributed by atoms with Crippen molar-refractivity contribution in [2.75, 3.05) is 33.8 Å². The third kappa shape index (κ3) is 6.13. The molecule has 12 rings (SSSR count). The van der Waals surface area contributed by atoms with Gasteiger partial charge in [-0.1, -0.05) is 56.7 Å². The van der Waals surface area contributed by atoms with Gasteiger partial charge in [-0.2, -0.15) is 0 Å². The topological polar surface area (TPSA) is 85.3 Å². The van der Waals surface area contributed by atoms with Gasteiger partial charge in [0.05, 0.1) is 7.11 Å². The molecule has 3 aliphatic heterocycles. The van der Waals surface area contributed by atoms with E-state index in [9.17, 15) is 15.0 Å². The molecule has 0 radical (unpaired) electrons. The quantitative estimate of drug-likeness (QED) is 0.226. The number of likely N-dealkylation sites (N-methyl/N-ethyl adjacent to an activating group) is 1. The number of hydrogen-bond acceptors (Lipinski definition) is 6. The molecule has 0 aromatic heterocycles. The minimum Gasteiger partial charge on any atom is -0.508 e. The third-order valence-corrected chi connectivity index (χ3v) is 18.0. The number of phenols is 2. The van der Waals surface area contributed by atoms with Crippen LogP contribution >= 0.6 is 0 Å². The molecule has 1 amide bonds. The second-order valence-corrected chi connectivity index (χ2v) is 20.1. The Kier molecular flexibility index (Phi) is 10.1. The maximum atomic E-state index is 11.4. The first-order chi connectivity index (χ1) is 28.3. The van der Waals surface area contributed by atoms with E-state index in [1.807, 2.05) is 17.0 Å². The van der Waals surface area contributed by atoms with Crippen LogP contribution in [-0.4, -0.2) is 78.3 Å². The smallest absolute Gasteiger partial charge is 0.209 e. The van der Waals surface area contributed by atoms with E-state index in [-0.39, 0.29) is 5.41 Å². The van der Waals surface area contributed by atoms with Crippen molar-refractivity contribution in [3.8, 4) is 17.2 Å². The molecule has 58 heavy (non-hydrogen) atoms. The van der Waals surface area contributed by atoms with E-state index in [1.54, 1.807) is 24.3 Å². The summed E-state index contributed by atoms with van der Waals surface area (Å²) in [6.45, 7) is 3.29. The maximum Gasteiger partial charge on any atom is 0.209 e. The standard InChI is InChI=1S/C17H21NO2.2C17H23NO/c19-11-18-8-7-17-6-2-1-3-14(17)16(18)9-12-4-5-13(20)10-15(12)17;1-19-13-6-5-12-10-16-14-4-2-3-7-17(14,8-9-18-16)15(12)11-13;1-18-9-8-17-7-3-2-4-14(17)16(18)10-12-5-6-13(19)11-15(12)17/h4-5,10-11,14,16,20H,1-3,6-9H2;5-6,11,14,16,18H,2-4,7-10H2,1H3;5-6,11,14,16,19H,2-4,7-10H2,1H3/t3*14-,16+,17+/m111/s1. The zero-order chi connectivity index (χ0) is 39.6. The molecule has 6 aliphatic carbocycles. The van der Waals surface area contributed by atoms with Crippen LogP contribution in [-0.2, 0) is 40.3 Å². The molecule has 3 heterocycles. The number of likely N-dealkylation sites (tertiary alicyclic amines) is 2. The van der Waals surface area contributed by atoms with Gasteiger partial charge in [-0.3, -0.25) is 4.79 Å². The SMILES string of the molecule is CN1CC[C@@]23CCCC[C@@H]2[C@@H]1Cc1ccc(O)cc13.COc1ccc2c(c1)[C@]13CCCC[C@@H]1[C@H](C2)NCC3.O=CN1CC[C@@]23CCCC[C@@H]2[C@@H]1Cc1ccc(O)cc13. The second-order valence-electron chi connectivity index (χ2n) is 20.1. The van der Waals surface area contributed by atoms with Crippen molar-refractivity contribution < 1.29 is 19.7 Å². The molecule has 6 fully saturated rings. The number of methoxy groups -OCH3 is 1. The fraction of sp³-hybridized carbons (Fsp3) is 0.627. The van der Waals surface area contributed by atoms with Crippen molar-refractivity contribution in [2.45, 2.75) is 150 Å². The normalized spacial score (nSPS) is 36.3. The first-order valence-corrected chi connectivity index (χ1v) is 23.3. The summed E-state index contributed by atoms with van der Waals surface area (Å²) in [7, 11) is 4.08. The maximum absolute atomic E-state index is 11.4. The van der Waals surface area contributed by atoms with Crippen LogP contribution in [0.1, 0.15) is 130 Å². The van der Waals surface area contributed by atoms with E-state index in [1.165, 1.54) is 138 Å². The van der Waals surface area contributed by atoms with Gasteiger partial charge in [0, 0.05) is 40.9 Å². The fourth-order valence-electron chi connectivity index (χ4n) is 15.4. The molecule has 310 valence electrons. The number of nitrogens with one attached hydrogen (secondary N) is 1. The Labute approximate surface area is 346 Å². The highest BCUT2D eigenvalue weighted by Gasteiger charge is 2.55. The summed E-state index contributed by atoms with van der Waals surface area (Å²) >= 11 is 0. The molecule has 3 saturated carbocycles. The summed E-state index contributed by atoms with van der Waals surface area (Å²) in [4.78, 5) is 16.0. The second kappa shape index (κ2) is 15.2. The van der Waals surface area contributed by atoms with Crippen molar-refractivity contribution in [1.29, 1.82) is 0 Å². The first kappa shape index (κ1) is 38.6. The van der Waals surface area contributed by atoms with Crippen LogP contribution in [0.25, 0.3) is 0 Å². The minimum absolute atomic E-state index is 0.217. The number of amides is 1. The minimum atomic E-state index is 0.217. The highest BCUT2D eigenvalue weighted by molar-refractivity contribution is 5.53. The molecule has 3 aromatic rings. The number of rotatable bonds is 2. The number of fused-ring (bicyclic) bond motifs is 3. The molecular formula is C51H67N3O4. The Morgan fingerprint density at radius 1 is 0.638 bits per heavy atom. The van der Waals surface area contributed by atoms with Crippen molar-refractivity contribution in [3.05, 3.63) is 88.0 Å². The van der Waals surface area contributed by atoms with Crippen molar-refractivity contribution >= 4 is 6.41 Å². The molecule has 3 saturated heterocycles. The molecule has 3 aromatic carbocycles. The van der Waals surface area contributed by atoms with Crippen molar-refractivity contribution in [2.24, 2.45) is 17.8 Å². The number of benzene rings is 3. The number of carbonyl (C=O) groups excluding carboxylic acids is 1. The molecule has 7 nitrogen and oxygen atoms in total. The highest BCUT2D eigenvalue weighted by atomic mass is 16.5. The molecule has 9 aliphatic rings. The summed E-state index contributed by atoms with van der Waals surface area (Å²) in [6, 6.07) is 20.6. The Morgan fingerprint density at radius 2 is 1.17 bits per heavy atom. The van der Waals surface area contributed by atoms with Crippen LogP contribution in [0.5, 0.6) is 17.2 Å². The summed E-state index contributed by atoms with van der Waals surface area (Å²) in [6.07, 6.45) is 24.1. The van der Waals surface area contributed by atoms with E-state index in [0.717, 1.165) is 55.5 Å². The lowest BCUT2D eigenvalue weighted by Gasteiger charge is -2.58. The van der Waals surface area contributed by atoms with Crippen LogP contribution < -0.4 is 10.1 Å². The van der Waals surface area contributed by atoms with Crippen LogP contribution in [0.3, 0.4) is 0 Å². The van der Waals surface area contributed by atoms with Crippen LogP contribution in [0.15, 0.2) is 54.6 Å². The van der Waals surface area contributed by atoms with Gasteiger partial charge in [0.25, 0.3) is 0 Å². The first-order valence-electron chi connectivity index (χ1n) is 23.3. The van der Waals surface area contributed by atoms with E-state index in [0.29, 0.717) is 34.3 Å². The number of ether oxygens (including phenoxy) is 1. The van der Waals surface area contributed by atoms with Gasteiger partial charge in [0.15, 0.2) is 0 Å². The lowest BCUT2D eigenvalue weighted by atomic mass is 9.52. The predicted molar refractivity (Wildman–Crippen MR) is 230 cm³/mol. The molecule has 9 atom stereocenters. The number of hydrogen-bond donors (Lipinski definition) is 3. The molecule has 3 N–H and O–H groups in total. The van der Waals surface area contributed by atoms with E-state index >= 15 is 0 Å². The van der Waals surface area contributed by atoms with E-state index in [2.05, 4.69) is 53.7 Å². The fourth-order valence-corrected chi connectivity index (χ4v) is 15.4. The van der Waals surface area contributed by atoms with Gasteiger partial charge >= 0.3 is 0 Å². The number of piperidine rings is 3. The van der Waals surface area contributed by atoms with Gasteiger partial charge in [0.2, 0.25) is 6.41 Å². The van der Waals surface area contributed by atoms with Gasteiger partial charge in [0.1, 0.15) is 17.2 Å². The summed E-state index contributed by atoms with van der Waals surface area (Å²) in [5.41, 5.74) is 9.94. The van der Waals surface area contributed by atoms with Crippen LogP contribution in [0, 0.1) is 17.8 Å². The number of nitrogens with zero attached hydrogens (tertiary/aromatic N) is 2. The molecule has 6 bridgehead atoms. The Balaban J connectivity index is 0.000000106. The van der Waals surface area contributed by atoms with Gasteiger partial charge in [-0.15, -0.1) is 0 Å². The number of carbonyl (C=O) groups is 1. The van der Waals surface area contributed by atoms with E-state index in [4.69, 9.17) is 4.74 Å². The Morgan fingerprint density at radius 3 is 1.81 bits per heavy atom. The summed E-state index contributed by atoms with van der Waals surface area (Å²) < 4.78 is 5.48. The van der Waals surface area contributed by atoms with Crippen molar-refractivity contribution in [3.63, 3.8) is 0 Å². The lowest BCUT2D eigenvalue weighted by Crippen LogP contribution is -2.60. The monoisotopic (exact) mass is 786 g/mol. The van der Waals surface area contributed by atoms with Gasteiger partial charge < -0.3 is 30.1 Å². The van der Waals surface area contributed by atoms with Crippen LogP contribution in [0.4, 0.5) is 0 Å². The average molecular weight is 786 g/mol. The van der Waals surface area contributed by atoms with E-state index < -0.39 is 0 Å². The van der Waals surface area contributed by atoms with Gasteiger partial charge in [-0.05, 0) is 185 Å². The molecule has 0 spiro atoms. The Hall–Kier alpha value is -3.55.